The van der Waals surface area contributed by atoms with E-state index in [9.17, 15) is 9.59 Å². The summed E-state index contributed by atoms with van der Waals surface area (Å²) in [4.78, 5) is 31.3. The van der Waals surface area contributed by atoms with Gasteiger partial charge in [0, 0.05) is 17.5 Å². The van der Waals surface area contributed by atoms with Gasteiger partial charge in [-0.2, -0.15) is 10.1 Å². The van der Waals surface area contributed by atoms with Crippen LogP contribution in [0.3, 0.4) is 0 Å². The van der Waals surface area contributed by atoms with E-state index < -0.39 is 0 Å². The third-order valence-corrected chi connectivity index (χ3v) is 9.60. The maximum Gasteiger partial charge on any atom is 0.283 e. The molecule has 6 rings (SSSR count). The van der Waals surface area contributed by atoms with Crippen molar-refractivity contribution in [2.45, 2.75) is 56.9 Å². The molecule has 1 aromatic heterocycles. The van der Waals surface area contributed by atoms with Crippen molar-refractivity contribution in [3.05, 3.63) is 74.1 Å². The predicted molar refractivity (Wildman–Crippen MR) is 149 cm³/mol. The zero-order chi connectivity index (χ0) is 24.8. The zero-order valence-electron chi connectivity index (χ0n) is 20.4. The number of fused-ring (bicyclic) bond motifs is 1. The summed E-state index contributed by atoms with van der Waals surface area (Å²) in [6.45, 7) is 4.75. The standard InChI is InChI=1S/C28H28N4O2S2/c1-3-30-21-16-10-11-17-22(21)35-28(30)24-26(34)31(19-12-6-4-7-13-19)27(36-24)23-18(2)29-32(25(23)33)20-14-8-5-9-15-20/h5,8-11,14-17,19H,3-4,6-7,12-13H2,1-2H3. The number of anilines is 2. The van der Waals surface area contributed by atoms with Gasteiger partial charge < -0.3 is 4.90 Å². The second-order valence-electron chi connectivity index (χ2n) is 9.34. The number of para-hydroxylation sites is 2. The molecule has 2 aliphatic heterocycles. The lowest BCUT2D eigenvalue weighted by atomic mass is 9.95. The Bertz CT molecular complexity index is 1550. The molecule has 3 aromatic rings. The predicted octanol–water partition coefficient (Wildman–Crippen LogP) is 4.69. The van der Waals surface area contributed by atoms with E-state index in [1.54, 1.807) is 11.8 Å². The van der Waals surface area contributed by atoms with Crippen LogP contribution in [0.4, 0.5) is 11.4 Å². The minimum atomic E-state index is -0.171. The summed E-state index contributed by atoms with van der Waals surface area (Å²) < 4.78 is 3.39. The number of amides is 1. The number of hydrogen-bond acceptors (Lipinski definition) is 6. The Morgan fingerprint density at radius 3 is 2.44 bits per heavy atom. The van der Waals surface area contributed by atoms with Gasteiger partial charge in [-0.15, -0.1) is 11.3 Å². The number of carbonyl (C=O) groups excluding carboxylic acids is 1. The SMILES string of the molecule is CCN1C(=c2sc(=C3C(=O)N(c4ccccc4)N=C3C)n(C3CCCCC3)c2=O)Sc2ccccc21. The van der Waals surface area contributed by atoms with Crippen molar-refractivity contribution < 1.29 is 4.79 Å². The fourth-order valence-electron chi connectivity index (χ4n) is 5.38. The number of carbonyl (C=O) groups is 1. The normalized spacial score (nSPS) is 21.3. The molecule has 0 saturated heterocycles. The van der Waals surface area contributed by atoms with E-state index in [-0.39, 0.29) is 17.5 Å². The second-order valence-corrected chi connectivity index (χ2v) is 11.4. The molecule has 2 aromatic carbocycles. The van der Waals surface area contributed by atoms with Crippen molar-refractivity contribution in [2.24, 2.45) is 5.10 Å². The van der Waals surface area contributed by atoms with Crippen LogP contribution in [0.25, 0.3) is 10.6 Å². The maximum absolute atomic E-state index is 14.1. The van der Waals surface area contributed by atoms with Gasteiger partial charge in [-0.05, 0) is 51.0 Å². The lowest BCUT2D eigenvalue weighted by Gasteiger charge is -2.23. The van der Waals surface area contributed by atoms with Crippen LogP contribution in [-0.4, -0.2) is 22.7 Å². The number of aromatic nitrogens is 1. The van der Waals surface area contributed by atoms with E-state index in [2.05, 4.69) is 29.1 Å². The Morgan fingerprint density at radius 2 is 1.69 bits per heavy atom. The van der Waals surface area contributed by atoms with Gasteiger partial charge in [0.15, 0.2) is 0 Å². The monoisotopic (exact) mass is 516 g/mol. The summed E-state index contributed by atoms with van der Waals surface area (Å²) in [5.41, 5.74) is 3.08. The van der Waals surface area contributed by atoms with Crippen LogP contribution in [0.5, 0.6) is 0 Å². The Hall–Kier alpha value is -3.10. The topological polar surface area (TPSA) is 57.9 Å². The largest absolute Gasteiger partial charge is 0.334 e. The summed E-state index contributed by atoms with van der Waals surface area (Å²) in [6, 6.07) is 17.9. The smallest absolute Gasteiger partial charge is 0.283 e. The lowest BCUT2D eigenvalue weighted by Crippen LogP contribution is -2.39. The van der Waals surface area contributed by atoms with E-state index in [0.29, 0.717) is 15.8 Å². The molecule has 0 atom stereocenters. The Kier molecular flexibility index (Phi) is 6.09. The molecule has 3 aliphatic rings. The molecule has 184 valence electrons. The first-order valence-electron chi connectivity index (χ1n) is 12.6. The van der Waals surface area contributed by atoms with E-state index >= 15 is 0 Å². The molecular weight excluding hydrogens is 488 g/mol. The van der Waals surface area contributed by atoms with Gasteiger partial charge in [0.05, 0.1) is 22.7 Å². The van der Waals surface area contributed by atoms with Gasteiger partial charge in [0.1, 0.15) is 14.2 Å². The third kappa shape index (κ3) is 3.74. The summed E-state index contributed by atoms with van der Waals surface area (Å²) in [6.07, 6.45) is 5.33. The van der Waals surface area contributed by atoms with E-state index in [1.807, 2.05) is 54.0 Å². The molecule has 1 amide bonds. The zero-order valence-corrected chi connectivity index (χ0v) is 22.1. The molecule has 0 N–H and O–H groups in total. The molecule has 36 heavy (non-hydrogen) atoms. The summed E-state index contributed by atoms with van der Waals surface area (Å²) in [5.74, 6) is -0.171. The molecule has 3 heterocycles. The molecule has 1 saturated carbocycles. The van der Waals surface area contributed by atoms with Crippen LogP contribution in [0.2, 0.25) is 0 Å². The average Bonchev–Trinajstić information content (AvgIpc) is 3.54. The van der Waals surface area contributed by atoms with Gasteiger partial charge in [-0.25, -0.2) is 0 Å². The minimum absolute atomic E-state index is 0.0157. The van der Waals surface area contributed by atoms with Crippen LogP contribution in [0, 0.1) is 0 Å². The Morgan fingerprint density at radius 1 is 0.972 bits per heavy atom. The molecule has 0 radical (unpaired) electrons. The van der Waals surface area contributed by atoms with Crippen LogP contribution < -0.4 is 24.7 Å². The molecular formula is C28H28N4O2S2. The van der Waals surface area contributed by atoms with E-state index in [0.717, 1.165) is 58.2 Å². The number of hydrazone groups is 1. The van der Waals surface area contributed by atoms with Gasteiger partial charge in [-0.3, -0.25) is 14.2 Å². The third-order valence-electron chi connectivity index (χ3n) is 7.12. The van der Waals surface area contributed by atoms with Gasteiger partial charge in [-0.1, -0.05) is 61.4 Å². The molecule has 0 bridgehead atoms. The quantitative estimate of drug-likeness (QED) is 0.507. The second kappa shape index (κ2) is 9.41. The number of thiazole rings is 1. The summed E-state index contributed by atoms with van der Waals surface area (Å²) in [7, 11) is 0. The molecule has 1 fully saturated rings. The highest BCUT2D eigenvalue weighted by molar-refractivity contribution is 8.08. The highest BCUT2D eigenvalue weighted by atomic mass is 32.2. The number of hydrogen-bond donors (Lipinski definition) is 0. The van der Waals surface area contributed by atoms with Gasteiger partial charge in [0.25, 0.3) is 11.5 Å². The molecule has 0 unspecified atom stereocenters. The fraction of sp³-hybridized carbons (Fsp3) is 0.321. The lowest BCUT2D eigenvalue weighted by molar-refractivity contribution is -0.112. The Balaban J connectivity index is 1.60. The van der Waals surface area contributed by atoms with Crippen molar-refractivity contribution in [1.82, 2.24) is 4.57 Å². The van der Waals surface area contributed by atoms with Crippen molar-refractivity contribution in [1.29, 1.82) is 0 Å². The van der Waals surface area contributed by atoms with Crippen molar-refractivity contribution in [2.75, 3.05) is 16.5 Å². The number of thioether (sulfide) groups is 1. The highest BCUT2D eigenvalue weighted by Gasteiger charge is 2.33. The Labute approximate surface area is 218 Å². The average molecular weight is 517 g/mol. The van der Waals surface area contributed by atoms with Gasteiger partial charge >= 0.3 is 0 Å². The number of rotatable bonds is 3. The van der Waals surface area contributed by atoms with Crippen LogP contribution in [0.1, 0.15) is 52.0 Å². The van der Waals surface area contributed by atoms with Crippen molar-refractivity contribution in [3.8, 4) is 0 Å². The molecule has 6 nitrogen and oxygen atoms in total. The maximum atomic E-state index is 14.1. The van der Waals surface area contributed by atoms with Gasteiger partial charge in [0.2, 0.25) is 0 Å². The first-order chi connectivity index (χ1) is 17.6. The fourth-order valence-corrected chi connectivity index (χ4v) is 8.03. The molecule has 0 spiro atoms. The van der Waals surface area contributed by atoms with Crippen LogP contribution in [-0.2, 0) is 4.79 Å². The van der Waals surface area contributed by atoms with Crippen molar-refractivity contribution >= 4 is 56.7 Å². The number of nitrogens with zero attached hydrogens (tertiary/aromatic N) is 4. The molecule has 1 aliphatic carbocycles. The van der Waals surface area contributed by atoms with E-state index in [4.69, 9.17) is 0 Å². The summed E-state index contributed by atoms with van der Waals surface area (Å²) >= 11 is 3.11. The first-order valence-corrected chi connectivity index (χ1v) is 14.2. The molecule has 8 heteroatoms. The summed E-state index contributed by atoms with van der Waals surface area (Å²) in [5, 5.41) is 7.04. The first kappa shape index (κ1) is 23.3. The van der Waals surface area contributed by atoms with E-state index in [1.165, 1.54) is 22.8 Å². The van der Waals surface area contributed by atoms with Crippen molar-refractivity contribution in [3.63, 3.8) is 0 Å². The van der Waals surface area contributed by atoms with Crippen LogP contribution in [0.15, 0.2) is 69.4 Å². The minimum Gasteiger partial charge on any atom is -0.334 e. The van der Waals surface area contributed by atoms with Crippen LogP contribution >= 0.6 is 23.1 Å². The highest BCUT2D eigenvalue weighted by Crippen LogP contribution is 2.45. The number of benzene rings is 2.